The van der Waals surface area contributed by atoms with Crippen molar-refractivity contribution in [1.29, 1.82) is 0 Å². The highest BCUT2D eigenvalue weighted by atomic mass is 19.1. The lowest BCUT2D eigenvalue weighted by molar-refractivity contribution is -0.0704. The van der Waals surface area contributed by atoms with Crippen LogP contribution in [0.15, 0.2) is 42.5 Å². The molecular formula is C21H25FN2O3. The molecule has 0 aliphatic carbocycles. The molecule has 0 radical (unpaired) electrons. The van der Waals surface area contributed by atoms with Gasteiger partial charge in [-0.25, -0.2) is 4.39 Å². The predicted molar refractivity (Wildman–Crippen MR) is 103 cm³/mol. The minimum absolute atomic E-state index is 0.113. The Labute approximate surface area is 159 Å². The van der Waals surface area contributed by atoms with Crippen LogP contribution in [0.1, 0.15) is 29.8 Å². The fourth-order valence-electron chi connectivity index (χ4n) is 3.44. The molecule has 5 nitrogen and oxygen atoms in total. The van der Waals surface area contributed by atoms with E-state index in [-0.39, 0.29) is 29.4 Å². The second-order valence-corrected chi connectivity index (χ2v) is 6.91. The number of hydrogen-bond donors (Lipinski definition) is 1. The Morgan fingerprint density at radius 1 is 1.22 bits per heavy atom. The molecule has 6 heteroatoms. The Morgan fingerprint density at radius 2 is 1.93 bits per heavy atom. The van der Waals surface area contributed by atoms with E-state index in [0.717, 1.165) is 24.3 Å². The maximum absolute atomic E-state index is 13.9. The van der Waals surface area contributed by atoms with Crippen molar-refractivity contribution in [3.63, 3.8) is 0 Å². The maximum atomic E-state index is 13.9. The standard InChI is InChI=1S/C21H25FN2O3/c1-14-11-24(12-15(2)27-14)13-17-6-4-5-7-19(17)23-21(25)16-8-9-20(26-3)18(22)10-16/h4-10,14-15H,11-13H2,1-3H3,(H,23,25). The fraction of sp³-hybridized carbons (Fsp3) is 0.381. The summed E-state index contributed by atoms with van der Waals surface area (Å²) in [5.74, 6) is -0.801. The van der Waals surface area contributed by atoms with E-state index in [2.05, 4.69) is 24.1 Å². The largest absolute Gasteiger partial charge is 0.494 e. The Bertz CT molecular complexity index is 802. The Kier molecular flexibility index (Phi) is 6.08. The number of rotatable bonds is 5. The number of carbonyl (C=O) groups is 1. The summed E-state index contributed by atoms with van der Waals surface area (Å²) in [5, 5.41) is 2.90. The van der Waals surface area contributed by atoms with Crippen LogP contribution in [0.3, 0.4) is 0 Å². The number of ether oxygens (including phenoxy) is 2. The highest BCUT2D eigenvalue weighted by Gasteiger charge is 2.23. The van der Waals surface area contributed by atoms with E-state index in [1.165, 1.54) is 19.2 Å². The third kappa shape index (κ3) is 4.84. The average Bonchev–Trinajstić information content (AvgIpc) is 2.62. The maximum Gasteiger partial charge on any atom is 0.255 e. The summed E-state index contributed by atoms with van der Waals surface area (Å²) in [6.07, 6.45) is 0.357. The molecule has 0 bridgehead atoms. The molecule has 2 aromatic carbocycles. The van der Waals surface area contributed by atoms with Gasteiger partial charge in [0, 0.05) is 30.9 Å². The number of nitrogens with one attached hydrogen (secondary N) is 1. The zero-order chi connectivity index (χ0) is 19.4. The number of para-hydroxylation sites is 1. The molecule has 144 valence electrons. The van der Waals surface area contributed by atoms with Crippen LogP contribution in [-0.4, -0.2) is 43.2 Å². The first-order valence-corrected chi connectivity index (χ1v) is 9.07. The van der Waals surface area contributed by atoms with E-state index in [1.54, 1.807) is 6.07 Å². The summed E-state index contributed by atoms with van der Waals surface area (Å²) in [7, 11) is 1.39. The van der Waals surface area contributed by atoms with E-state index in [1.807, 2.05) is 24.3 Å². The SMILES string of the molecule is COc1ccc(C(=O)Nc2ccccc2CN2CC(C)OC(C)C2)cc1F. The highest BCUT2D eigenvalue weighted by Crippen LogP contribution is 2.22. The van der Waals surface area contributed by atoms with Gasteiger partial charge in [-0.1, -0.05) is 18.2 Å². The van der Waals surface area contributed by atoms with Crippen LogP contribution < -0.4 is 10.1 Å². The number of amides is 1. The van der Waals surface area contributed by atoms with Gasteiger partial charge in [-0.2, -0.15) is 0 Å². The smallest absolute Gasteiger partial charge is 0.255 e. The van der Waals surface area contributed by atoms with Gasteiger partial charge in [-0.3, -0.25) is 9.69 Å². The predicted octanol–water partition coefficient (Wildman–Crippen LogP) is 3.70. The number of anilines is 1. The Hall–Kier alpha value is -2.44. The van der Waals surface area contributed by atoms with Crippen LogP contribution in [-0.2, 0) is 11.3 Å². The molecule has 1 amide bonds. The van der Waals surface area contributed by atoms with Crippen molar-refractivity contribution in [3.05, 3.63) is 59.4 Å². The second kappa shape index (κ2) is 8.50. The van der Waals surface area contributed by atoms with Gasteiger partial charge in [-0.05, 0) is 43.7 Å². The van der Waals surface area contributed by atoms with E-state index >= 15 is 0 Å². The van der Waals surface area contributed by atoms with Gasteiger partial charge in [0.2, 0.25) is 0 Å². The van der Waals surface area contributed by atoms with E-state index < -0.39 is 5.82 Å². The summed E-state index contributed by atoms with van der Waals surface area (Å²) in [6, 6.07) is 11.9. The molecule has 1 saturated heterocycles. The van der Waals surface area contributed by atoms with Crippen LogP contribution in [0.2, 0.25) is 0 Å². The number of halogens is 1. The van der Waals surface area contributed by atoms with E-state index in [4.69, 9.17) is 9.47 Å². The van der Waals surface area contributed by atoms with Crippen molar-refractivity contribution >= 4 is 11.6 Å². The van der Waals surface area contributed by atoms with Crippen molar-refractivity contribution < 1.29 is 18.7 Å². The molecular weight excluding hydrogens is 347 g/mol. The van der Waals surface area contributed by atoms with Gasteiger partial charge in [0.15, 0.2) is 11.6 Å². The van der Waals surface area contributed by atoms with Crippen molar-refractivity contribution in [2.24, 2.45) is 0 Å². The molecule has 0 spiro atoms. The lowest BCUT2D eigenvalue weighted by atomic mass is 10.1. The summed E-state index contributed by atoms with van der Waals surface area (Å²) in [6.45, 7) is 6.53. The molecule has 0 saturated carbocycles. The molecule has 1 N–H and O–H groups in total. The minimum Gasteiger partial charge on any atom is -0.494 e. The number of benzene rings is 2. The molecule has 1 aliphatic rings. The van der Waals surface area contributed by atoms with Gasteiger partial charge >= 0.3 is 0 Å². The number of hydrogen-bond acceptors (Lipinski definition) is 4. The van der Waals surface area contributed by atoms with Gasteiger partial charge in [0.1, 0.15) is 0 Å². The first kappa shape index (κ1) is 19.3. The first-order valence-electron chi connectivity index (χ1n) is 9.07. The first-order chi connectivity index (χ1) is 13.0. The third-order valence-corrected chi connectivity index (χ3v) is 4.57. The molecule has 3 rings (SSSR count). The van der Waals surface area contributed by atoms with Crippen LogP contribution in [0.4, 0.5) is 10.1 Å². The van der Waals surface area contributed by atoms with Crippen molar-refractivity contribution in [2.75, 3.05) is 25.5 Å². The molecule has 2 atom stereocenters. The number of nitrogens with zero attached hydrogens (tertiary/aromatic N) is 1. The molecule has 27 heavy (non-hydrogen) atoms. The van der Waals surface area contributed by atoms with Gasteiger partial charge < -0.3 is 14.8 Å². The van der Waals surface area contributed by atoms with E-state index in [9.17, 15) is 9.18 Å². The summed E-state index contributed by atoms with van der Waals surface area (Å²) >= 11 is 0. The van der Waals surface area contributed by atoms with Crippen molar-refractivity contribution in [3.8, 4) is 5.75 Å². The topological polar surface area (TPSA) is 50.8 Å². The lowest BCUT2D eigenvalue weighted by Gasteiger charge is -2.35. The molecule has 1 heterocycles. The fourth-order valence-corrected chi connectivity index (χ4v) is 3.44. The monoisotopic (exact) mass is 372 g/mol. The van der Waals surface area contributed by atoms with E-state index in [0.29, 0.717) is 6.54 Å². The molecule has 2 unspecified atom stereocenters. The molecule has 0 aromatic heterocycles. The minimum atomic E-state index is -0.560. The highest BCUT2D eigenvalue weighted by molar-refractivity contribution is 6.04. The Morgan fingerprint density at radius 3 is 2.59 bits per heavy atom. The van der Waals surface area contributed by atoms with Crippen LogP contribution in [0.5, 0.6) is 5.75 Å². The zero-order valence-corrected chi connectivity index (χ0v) is 15.9. The van der Waals surface area contributed by atoms with Crippen molar-refractivity contribution in [2.45, 2.75) is 32.6 Å². The lowest BCUT2D eigenvalue weighted by Crippen LogP contribution is -2.44. The zero-order valence-electron chi connectivity index (χ0n) is 15.9. The molecule has 1 fully saturated rings. The van der Waals surface area contributed by atoms with Gasteiger partial charge in [0.05, 0.1) is 19.3 Å². The van der Waals surface area contributed by atoms with Crippen molar-refractivity contribution in [1.82, 2.24) is 4.90 Å². The summed E-state index contributed by atoms with van der Waals surface area (Å²) in [4.78, 5) is 14.9. The quantitative estimate of drug-likeness (QED) is 0.870. The number of carbonyl (C=O) groups excluding carboxylic acids is 1. The summed E-state index contributed by atoms with van der Waals surface area (Å²) in [5.41, 5.74) is 1.99. The normalized spacial score (nSPS) is 20.3. The average molecular weight is 372 g/mol. The number of morpholine rings is 1. The van der Waals surface area contributed by atoms with Crippen LogP contribution >= 0.6 is 0 Å². The van der Waals surface area contributed by atoms with Crippen LogP contribution in [0, 0.1) is 5.82 Å². The van der Waals surface area contributed by atoms with Gasteiger partial charge in [-0.15, -0.1) is 0 Å². The molecule has 2 aromatic rings. The third-order valence-electron chi connectivity index (χ3n) is 4.57. The van der Waals surface area contributed by atoms with Gasteiger partial charge in [0.25, 0.3) is 5.91 Å². The Balaban J connectivity index is 1.74. The second-order valence-electron chi connectivity index (χ2n) is 6.91. The summed E-state index contributed by atoms with van der Waals surface area (Å²) < 4.78 is 24.6. The molecule has 1 aliphatic heterocycles. The number of methoxy groups -OCH3 is 1. The van der Waals surface area contributed by atoms with Crippen LogP contribution in [0.25, 0.3) is 0 Å².